The Balaban J connectivity index is 0.00000109. The molecule has 0 saturated carbocycles. The fourth-order valence-corrected chi connectivity index (χ4v) is 3.31. The minimum absolute atomic E-state index is 0.0209. The molecular weight excluding hydrogens is 356 g/mol. The molecule has 0 radical (unpaired) electrons. The number of rotatable bonds is 2. The van der Waals surface area contributed by atoms with Crippen LogP contribution in [-0.2, 0) is 0 Å². The number of aromatic carboxylic acids is 1. The van der Waals surface area contributed by atoms with Crippen molar-refractivity contribution < 1.29 is 19.4 Å². The lowest BCUT2D eigenvalue weighted by Gasteiger charge is -2.17. The maximum Gasteiger partial charge on any atom is 0.336 e. The molecule has 1 aliphatic carbocycles. The smallest absolute Gasteiger partial charge is 0.336 e. The Labute approximate surface area is 161 Å². The first-order valence-corrected chi connectivity index (χ1v) is 8.98. The summed E-state index contributed by atoms with van der Waals surface area (Å²) in [4.78, 5) is 23.6. The fourth-order valence-electron chi connectivity index (χ4n) is 3.31. The predicted molar refractivity (Wildman–Crippen MR) is 109 cm³/mol. The quantitative estimate of drug-likeness (QED) is 0.463. The Bertz CT molecular complexity index is 1200. The third-order valence-electron chi connectivity index (χ3n) is 4.43. The van der Waals surface area contributed by atoms with E-state index in [0.717, 1.165) is 0 Å². The van der Waals surface area contributed by atoms with E-state index in [1.807, 2.05) is 13.8 Å². The molecule has 0 saturated heterocycles. The highest BCUT2D eigenvalue weighted by atomic mass is 16.4. The van der Waals surface area contributed by atoms with E-state index in [1.165, 1.54) is 24.3 Å². The zero-order chi connectivity index (χ0) is 20.4. The van der Waals surface area contributed by atoms with Crippen molar-refractivity contribution >= 4 is 16.9 Å². The van der Waals surface area contributed by atoms with Gasteiger partial charge in [0.25, 0.3) is 0 Å². The van der Waals surface area contributed by atoms with Crippen LogP contribution in [0.1, 0.15) is 29.8 Å². The number of phenolic OH excluding ortho intramolecular Hbond substituents is 1. The number of fused-ring (bicyclic) bond motifs is 2. The number of aromatic hydroxyl groups is 1. The number of hydrogen-bond donors (Lipinski definition) is 2. The topological polar surface area (TPSA) is 87.7 Å². The van der Waals surface area contributed by atoms with Crippen molar-refractivity contribution in [2.45, 2.75) is 20.8 Å². The molecule has 1 aliphatic heterocycles. The first-order chi connectivity index (χ1) is 13.5. The lowest BCUT2D eigenvalue weighted by atomic mass is 9.89. The number of benzene rings is 3. The number of phenols is 1. The molecule has 5 nitrogen and oxygen atoms in total. The summed E-state index contributed by atoms with van der Waals surface area (Å²) in [5.74, 6) is -0.671. The van der Waals surface area contributed by atoms with E-state index in [0.29, 0.717) is 39.0 Å². The molecule has 28 heavy (non-hydrogen) atoms. The summed E-state index contributed by atoms with van der Waals surface area (Å²) < 4.78 is 5.79. The summed E-state index contributed by atoms with van der Waals surface area (Å²) in [6.07, 6.45) is 0. The highest BCUT2D eigenvalue weighted by Gasteiger charge is 2.22. The lowest BCUT2D eigenvalue weighted by Crippen LogP contribution is -2.05. The van der Waals surface area contributed by atoms with Gasteiger partial charge < -0.3 is 14.6 Å². The molecule has 0 bridgehead atoms. The van der Waals surface area contributed by atoms with Gasteiger partial charge in [0, 0.05) is 28.6 Å². The monoisotopic (exact) mass is 376 g/mol. The van der Waals surface area contributed by atoms with E-state index in [4.69, 9.17) is 4.42 Å². The summed E-state index contributed by atoms with van der Waals surface area (Å²) in [5, 5.41) is 20.2. The first kappa shape index (κ1) is 19.2. The summed E-state index contributed by atoms with van der Waals surface area (Å²) in [6, 6.07) is 14.3. The van der Waals surface area contributed by atoms with Crippen molar-refractivity contribution in [2.24, 2.45) is 0 Å². The minimum atomic E-state index is -1.03. The summed E-state index contributed by atoms with van der Waals surface area (Å²) in [6.45, 7) is 5.74. The second kappa shape index (κ2) is 7.56. The average molecular weight is 376 g/mol. The molecule has 0 aromatic heterocycles. The molecule has 0 fully saturated rings. The Morgan fingerprint density at radius 2 is 1.71 bits per heavy atom. The first-order valence-electron chi connectivity index (χ1n) is 8.98. The van der Waals surface area contributed by atoms with Crippen LogP contribution in [0.5, 0.6) is 5.75 Å². The highest BCUT2D eigenvalue weighted by molar-refractivity contribution is 6.08. The van der Waals surface area contributed by atoms with Gasteiger partial charge in [-0.2, -0.15) is 0 Å². The number of aryl methyl sites for hydroxylation is 1. The molecule has 2 aliphatic rings. The van der Waals surface area contributed by atoms with Gasteiger partial charge in [0.1, 0.15) is 17.1 Å². The van der Waals surface area contributed by atoms with Crippen LogP contribution < -0.4 is 5.43 Å². The van der Waals surface area contributed by atoms with Gasteiger partial charge in [0.2, 0.25) is 0 Å². The summed E-state index contributed by atoms with van der Waals surface area (Å²) in [7, 11) is 0. The maximum atomic E-state index is 11.9. The molecule has 2 aromatic rings. The molecular formula is C23H20O5. The van der Waals surface area contributed by atoms with E-state index in [9.17, 15) is 19.8 Å². The van der Waals surface area contributed by atoms with Crippen molar-refractivity contribution in [1.82, 2.24) is 0 Å². The van der Waals surface area contributed by atoms with E-state index >= 15 is 0 Å². The predicted octanol–water partition coefficient (Wildman–Crippen LogP) is 5.30. The molecule has 2 N–H and O–H groups in total. The van der Waals surface area contributed by atoms with Gasteiger partial charge in [-0.15, -0.1) is 0 Å². The van der Waals surface area contributed by atoms with Crippen molar-refractivity contribution in [3.05, 3.63) is 75.9 Å². The van der Waals surface area contributed by atoms with E-state index in [1.54, 1.807) is 37.3 Å². The van der Waals surface area contributed by atoms with Crippen LogP contribution in [0.4, 0.5) is 0 Å². The molecule has 0 unspecified atom stereocenters. The molecule has 4 rings (SSSR count). The number of carboxylic acids is 1. The normalized spacial score (nSPS) is 10.5. The Kier molecular flexibility index (Phi) is 5.18. The third kappa shape index (κ3) is 3.22. The van der Waals surface area contributed by atoms with Gasteiger partial charge in [-0.1, -0.05) is 32.0 Å². The molecule has 0 amide bonds. The number of hydrogen-bond acceptors (Lipinski definition) is 4. The SMILES string of the molecule is CC.Cc1cccc(-c2c3ccc(=O)cc-3oc3cc(O)ccc23)c1C(=O)O. The van der Waals surface area contributed by atoms with Crippen LogP contribution in [0.2, 0.25) is 0 Å². The molecule has 0 atom stereocenters. The van der Waals surface area contributed by atoms with E-state index in [-0.39, 0.29) is 16.7 Å². The summed E-state index contributed by atoms with van der Waals surface area (Å²) >= 11 is 0. The van der Waals surface area contributed by atoms with E-state index in [2.05, 4.69) is 0 Å². The number of carboxylic acid groups (broad SMARTS) is 1. The zero-order valence-electron chi connectivity index (χ0n) is 15.8. The van der Waals surface area contributed by atoms with Crippen LogP contribution in [0, 0.1) is 6.92 Å². The minimum Gasteiger partial charge on any atom is -0.508 e. The lowest BCUT2D eigenvalue weighted by molar-refractivity contribution is 0.0697. The van der Waals surface area contributed by atoms with Crippen molar-refractivity contribution in [2.75, 3.05) is 0 Å². The van der Waals surface area contributed by atoms with Gasteiger partial charge in [0.05, 0.1) is 5.56 Å². The Morgan fingerprint density at radius 3 is 2.43 bits per heavy atom. The van der Waals surface area contributed by atoms with Crippen LogP contribution in [0.25, 0.3) is 33.4 Å². The fraction of sp³-hybridized carbons (Fsp3) is 0.130. The Morgan fingerprint density at radius 1 is 0.964 bits per heavy atom. The van der Waals surface area contributed by atoms with Gasteiger partial charge >= 0.3 is 5.97 Å². The summed E-state index contributed by atoms with van der Waals surface area (Å²) in [5.41, 5.74) is 2.81. The van der Waals surface area contributed by atoms with E-state index < -0.39 is 5.97 Å². The van der Waals surface area contributed by atoms with Gasteiger partial charge in [0.15, 0.2) is 5.43 Å². The van der Waals surface area contributed by atoms with Gasteiger partial charge in [-0.25, -0.2) is 4.79 Å². The average Bonchev–Trinajstić information content (AvgIpc) is 2.67. The van der Waals surface area contributed by atoms with Crippen molar-refractivity contribution in [1.29, 1.82) is 0 Å². The Hall–Kier alpha value is -3.60. The van der Waals surface area contributed by atoms with Gasteiger partial charge in [-0.05, 0) is 42.3 Å². The van der Waals surface area contributed by atoms with Crippen molar-refractivity contribution in [3.63, 3.8) is 0 Å². The third-order valence-corrected chi connectivity index (χ3v) is 4.43. The maximum absolute atomic E-state index is 11.9. The molecule has 0 spiro atoms. The standard InChI is InChI=1S/C21H14O5.C2H6/c1-11-3-2-4-16(19(11)21(24)25)20-14-7-5-12(22)9-17(14)26-18-10-13(23)6-8-15(18)20;1-2/h2-10,22H,1H3,(H,24,25);1-2H3. The molecule has 142 valence electrons. The van der Waals surface area contributed by atoms with Crippen LogP contribution in [0.3, 0.4) is 0 Å². The second-order valence-corrected chi connectivity index (χ2v) is 6.12. The van der Waals surface area contributed by atoms with Crippen LogP contribution >= 0.6 is 0 Å². The zero-order valence-corrected chi connectivity index (χ0v) is 15.8. The molecule has 1 heterocycles. The largest absolute Gasteiger partial charge is 0.508 e. The molecule has 5 heteroatoms. The van der Waals surface area contributed by atoms with Crippen LogP contribution in [-0.4, -0.2) is 16.2 Å². The molecule has 2 aromatic carbocycles. The van der Waals surface area contributed by atoms with Crippen LogP contribution in [0.15, 0.2) is 63.8 Å². The number of carbonyl (C=O) groups is 1. The second-order valence-electron chi connectivity index (χ2n) is 6.12. The van der Waals surface area contributed by atoms with Gasteiger partial charge in [-0.3, -0.25) is 4.79 Å². The van der Waals surface area contributed by atoms with Crippen molar-refractivity contribution in [3.8, 4) is 28.2 Å². The highest BCUT2D eigenvalue weighted by Crippen LogP contribution is 2.42.